The zero-order valence-electron chi connectivity index (χ0n) is 16.5. The molecule has 28 heavy (non-hydrogen) atoms. The summed E-state index contributed by atoms with van der Waals surface area (Å²) in [4.78, 5) is 26.3. The normalized spacial score (nSPS) is 13.9. The summed E-state index contributed by atoms with van der Waals surface area (Å²) in [6.07, 6.45) is 3.43. The van der Waals surface area contributed by atoms with E-state index in [4.69, 9.17) is 10.5 Å². The maximum Gasteiger partial charge on any atom is 0.262 e. The molecule has 2 aromatic carbocycles. The van der Waals surface area contributed by atoms with Crippen LogP contribution < -0.4 is 20.7 Å². The average Bonchev–Trinajstić information content (AvgIpc) is 2.69. The number of hydrogen-bond donors (Lipinski definition) is 2. The van der Waals surface area contributed by atoms with E-state index in [2.05, 4.69) is 10.2 Å². The van der Waals surface area contributed by atoms with Gasteiger partial charge in [-0.05, 0) is 68.5 Å². The molecule has 3 rings (SSSR count). The van der Waals surface area contributed by atoms with Gasteiger partial charge in [0.05, 0.1) is 11.4 Å². The van der Waals surface area contributed by atoms with Gasteiger partial charge in [-0.2, -0.15) is 0 Å². The second kappa shape index (κ2) is 8.78. The number of carbonyl (C=O) groups is 2. The number of nitrogens with zero attached hydrogens (tertiary/aromatic N) is 1. The highest BCUT2D eigenvalue weighted by atomic mass is 16.5. The van der Waals surface area contributed by atoms with Crippen molar-refractivity contribution < 1.29 is 14.3 Å². The number of carbonyl (C=O) groups excluding carboxylic acids is 2. The fourth-order valence-corrected chi connectivity index (χ4v) is 3.39. The van der Waals surface area contributed by atoms with E-state index in [0.29, 0.717) is 17.0 Å². The summed E-state index contributed by atoms with van der Waals surface area (Å²) in [7, 11) is 0. The van der Waals surface area contributed by atoms with Crippen LogP contribution in [0.4, 0.5) is 11.4 Å². The van der Waals surface area contributed by atoms with Gasteiger partial charge in [0, 0.05) is 18.7 Å². The Morgan fingerprint density at radius 1 is 1.07 bits per heavy atom. The SMILES string of the molecule is Cc1ccc(C)c(OCC(=O)Nc2cc(C(N)=O)ccc2N2CCCCC2)c1. The summed E-state index contributed by atoms with van der Waals surface area (Å²) in [5, 5.41) is 2.89. The van der Waals surface area contributed by atoms with Gasteiger partial charge < -0.3 is 20.7 Å². The topological polar surface area (TPSA) is 84.7 Å². The molecule has 6 nitrogen and oxygen atoms in total. The zero-order chi connectivity index (χ0) is 20.1. The number of ether oxygens (including phenoxy) is 1. The molecule has 1 saturated heterocycles. The Hall–Kier alpha value is -3.02. The largest absolute Gasteiger partial charge is 0.483 e. The first kappa shape index (κ1) is 19.7. The van der Waals surface area contributed by atoms with Crippen molar-refractivity contribution >= 4 is 23.2 Å². The van der Waals surface area contributed by atoms with E-state index in [9.17, 15) is 9.59 Å². The third-order valence-electron chi connectivity index (χ3n) is 4.95. The molecule has 0 atom stereocenters. The minimum absolute atomic E-state index is 0.107. The van der Waals surface area contributed by atoms with Gasteiger partial charge in [0.2, 0.25) is 5.91 Å². The summed E-state index contributed by atoms with van der Waals surface area (Å²) in [6, 6.07) is 11.1. The van der Waals surface area contributed by atoms with Gasteiger partial charge in [-0.25, -0.2) is 0 Å². The fourth-order valence-electron chi connectivity index (χ4n) is 3.39. The molecule has 0 aliphatic carbocycles. The van der Waals surface area contributed by atoms with Crippen LogP contribution in [0.15, 0.2) is 36.4 Å². The number of aryl methyl sites for hydroxylation is 2. The molecule has 0 aromatic heterocycles. The predicted octanol–water partition coefficient (Wildman–Crippen LogP) is 3.41. The van der Waals surface area contributed by atoms with E-state index >= 15 is 0 Å². The lowest BCUT2D eigenvalue weighted by molar-refractivity contribution is -0.118. The lowest BCUT2D eigenvalue weighted by Gasteiger charge is -2.30. The molecule has 1 aliphatic heterocycles. The van der Waals surface area contributed by atoms with Crippen molar-refractivity contribution in [3.05, 3.63) is 53.1 Å². The highest BCUT2D eigenvalue weighted by molar-refractivity contribution is 5.99. The second-order valence-electron chi connectivity index (χ2n) is 7.25. The molecular formula is C22H27N3O3. The Morgan fingerprint density at radius 3 is 2.54 bits per heavy atom. The summed E-state index contributed by atoms with van der Waals surface area (Å²) in [5.74, 6) is -0.106. The van der Waals surface area contributed by atoms with Crippen molar-refractivity contribution in [3.8, 4) is 5.75 Å². The molecule has 0 radical (unpaired) electrons. The maximum absolute atomic E-state index is 12.5. The van der Waals surface area contributed by atoms with E-state index in [1.54, 1.807) is 12.1 Å². The van der Waals surface area contributed by atoms with Gasteiger partial charge in [0.1, 0.15) is 5.75 Å². The summed E-state index contributed by atoms with van der Waals surface area (Å²) in [6.45, 7) is 5.67. The van der Waals surface area contributed by atoms with Gasteiger partial charge in [-0.15, -0.1) is 0 Å². The lowest BCUT2D eigenvalue weighted by Crippen LogP contribution is -2.31. The second-order valence-corrected chi connectivity index (χ2v) is 7.25. The molecule has 0 spiro atoms. The molecule has 0 bridgehead atoms. The minimum Gasteiger partial charge on any atom is -0.483 e. The molecule has 0 saturated carbocycles. The van der Waals surface area contributed by atoms with Gasteiger partial charge in [0.15, 0.2) is 6.61 Å². The summed E-state index contributed by atoms with van der Waals surface area (Å²) < 4.78 is 5.70. The Balaban J connectivity index is 1.75. The van der Waals surface area contributed by atoms with E-state index < -0.39 is 5.91 Å². The number of rotatable bonds is 6. The van der Waals surface area contributed by atoms with Crippen molar-refractivity contribution in [2.24, 2.45) is 5.73 Å². The van der Waals surface area contributed by atoms with Gasteiger partial charge >= 0.3 is 0 Å². The molecule has 148 valence electrons. The highest BCUT2D eigenvalue weighted by Gasteiger charge is 2.18. The quantitative estimate of drug-likeness (QED) is 0.803. The molecule has 6 heteroatoms. The Morgan fingerprint density at radius 2 is 1.82 bits per heavy atom. The molecular weight excluding hydrogens is 354 g/mol. The fraction of sp³-hybridized carbons (Fsp3) is 0.364. The predicted molar refractivity (Wildman–Crippen MR) is 111 cm³/mol. The van der Waals surface area contributed by atoms with Crippen LogP contribution in [0.5, 0.6) is 5.75 Å². The smallest absolute Gasteiger partial charge is 0.262 e. The first-order valence-electron chi connectivity index (χ1n) is 9.63. The van der Waals surface area contributed by atoms with Crippen LogP contribution >= 0.6 is 0 Å². The number of nitrogens with one attached hydrogen (secondary N) is 1. The zero-order valence-corrected chi connectivity index (χ0v) is 16.5. The van der Waals surface area contributed by atoms with E-state index in [1.807, 2.05) is 38.1 Å². The van der Waals surface area contributed by atoms with Crippen LogP contribution in [0, 0.1) is 13.8 Å². The third-order valence-corrected chi connectivity index (χ3v) is 4.95. The van der Waals surface area contributed by atoms with Gasteiger partial charge in [-0.3, -0.25) is 9.59 Å². The van der Waals surface area contributed by atoms with Crippen LogP contribution in [0.2, 0.25) is 0 Å². The molecule has 2 amide bonds. The summed E-state index contributed by atoms with van der Waals surface area (Å²) in [5.41, 5.74) is 9.33. The number of piperidine rings is 1. The van der Waals surface area contributed by atoms with Crippen molar-refractivity contribution in [2.75, 3.05) is 29.9 Å². The first-order valence-corrected chi connectivity index (χ1v) is 9.63. The molecule has 3 N–H and O–H groups in total. The Labute approximate surface area is 165 Å². The van der Waals surface area contributed by atoms with Crippen molar-refractivity contribution in [2.45, 2.75) is 33.1 Å². The van der Waals surface area contributed by atoms with Crippen molar-refractivity contribution in [3.63, 3.8) is 0 Å². The average molecular weight is 381 g/mol. The number of hydrogen-bond acceptors (Lipinski definition) is 4. The molecule has 0 unspecified atom stereocenters. The number of anilines is 2. The van der Waals surface area contributed by atoms with E-state index in [-0.39, 0.29) is 12.5 Å². The van der Waals surface area contributed by atoms with Gasteiger partial charge in [-0.1, -0.05) is 12.1 Å². The van der Waals surface area contributed by atoms with Crippen molar-refractivity contribution in [1.29, 1.82) is 0 Å². The van der Waals surface area contributed by atoms with Crippen LogP contribution in [-0.4, -0.2) is 31.5 Å². The maximum atomic E-state index is 12.5. The van der Waals surface area contributed by atoms with E-state index in [0.717, 1.165) is 42.7 Å². The Bertz CT molecular complexity index is 873. The van der Waals surface area contributed by atoms with Crippen molar-refractivity contribution in [1.82, 2.24) is 0 Å². The highest BCUT2D eigenvalue weighted by Crippen LogP contribution is 2.30. The molecule has 1 heterocycles. The standard InChI is InChI=1S/C22H27N3O3/c1-15-6-7-16(2)20(12-15)28-14-21(26)24-18-13-17(22(23)27)8-9-19(18)25-10-4-3-5-11-25/h6-9,12-13H,3-5,10-11,14H2,1-2H3,(H2,23,27)(H,24,26). The van der Waals surface area contributed by atoms with Crippen LogP contribution in [0.1, 0.15) is 40.7 Å². The summed E-state index contributed by atoms with van der Waals surface area (Å²) >= 11 is 0. The van der Waals surface area contributed by atoms with Crippen LogP contribution in [0.3, 0.4) is 0 Å². The molecule has 1 aliphatic rings. The number of primary amides is 1. The van der Waals surface area contributed by atoms with Gasteiger partial charge in [0.25, 0.3) is 5.91 Å². The number of nitrogens with two attached hydrogens (primary N) is 1. The van der Waals surface area contributed by atoms with Crippen LogP contribution in [0.25, 0.3) is 0 Å². The minimum atomic E-state index is -0.521. The van der Waals surface area contributed by atoms with Crippen LogP contribution in [-0.2, 0) is 4.79 Å². The number of benzene rings is 2. The molecule has 1 fully saturated rings. The number of amides is 2. The monoisotopic (exact) mass is 381 g/mol. The lowest BCUT2D eigenvalue weighted by atomic mass is 10.1. The Kier molecular flexibility index (Phi) is 6.19. The molecule has 2 aromatic rings. The third kappa shape index (κ3) is 4.82. The van der Waals surface area contributed by atoms with E-state index in [1.165, 1.54) is 6.42 Å². The first-order chi connectivity index (χ1) is 13.4.